The fourth-order valence-corrected chi connectivity index (χ4v) is 2.18. The number of carbonyl (C=O) groups is 3. The molecule has 1 N–H and O–H groups in total. The minimum Gasteiger partial charge on any atom is -0.502 e. The lowest BCUT2D eigenvalue weighted by atomic mass is 10.0. The van der Waals surface area contributed by atoms with Crippen LogP contribution in [0.15, 0.2) is 66.4 Å². The summed E-state index contributed by atoms with van der Waals surface area (Å²) < 4.78 is 9.97. The molecule has 0 aromatic heterocycles. The summed E-state index contributed by atoms with van der Waals surface area (Å²) in [5, 5.41) is 9.37. The number of carbonyl (C=O) groups excluding carboxylic acids is 3. The Balaban J connectivity index is 2.07. The van der Waals surface area contributed by atoms with Crippen LogP contribution < -0.4 is 4.74 Å². The largest absolute Gasteiger partial charge is 0.502 e. The van der Waals surface area contributed by atoms with Crippen LogP contribution in [0.1, 0.15) is 22.3 Å². The van der Waals surface area contributed by atoms with Crippen LogP contribution in [0.5, 0.6) is 5.75 Å². The van der Waals surface area contributed by atoms with Gasteiger partial charge in [0.2, 0.25) is 5.76 Å². The van der Waals surface area contributed by atoms with Crippen molar-refractivity contribution in [3.63, 3.8) is 0 Å². The van der Waals surface area contributed by atoms with Crippen molar-refractivity contribution in [1.82, 2.24) is 0 Å². The highest BCUT2D eigenvalue weighted by Crippen LogP contribution is 2.21. The first kappa shape index (κ1) is 18.9. The van der Waals surface area contributed by atoms with Gasteiger partial charge in [0.05, 0.1) is 19.1 Å². The molecule has 2 rings (SSSR count). The number of ketones is 2. The maximum Gasteiger partial charge on any atom is 0.373 e. The van der Waals surface area contributed by atoms with E-state index in [-0.39, 0.29) is 12.2 Å². The number of Topliss-reactive ketones (excluding diaryl/α,β-unsaturated/α-hetero) is 1. The van der Waals surface area contributed by atoms with Gasteiger partial charge in [0.1, 0.15) is 12.4 Å². The number of aliphatic hydroxyl groups excluding tert-OH is 1. The van der Waals surface area contributed by atoms with Gasteiger partial charge in [0.25, 0.3) is 0 Å². The lowest BCUT2D eigenvalue weighted by molar-refractivity contribution is -0.139. The molecule has 0 bridgehead atoms. The van der Waals surface area contributed by atoms with Crippen LogP contribution in [0.3, 0.4) is 0 Å². The van der Waals surface area contributed by atoms with Crippen LogP contribution in [-0.2, 0) is 20.9 Å². The van der Waals surface area contributed by atoms with E-state index in [1.807, 2.05) is 30.3 Å². The van der Waals surface area contributed by atoms with Crippen molar-refractivity contribution in [3.05, 3.63) is 77.6 Å². The highest BCUT2D eigenvalue weighted by atomic mass is 16.5. The summed E-state index contributed by atoms with van der Waals surface area (Å²) in [6.45, 7) is 0.280. The number of ether oxygens (including phenoxy) is 2. The number of esters is 1. The van der Waals surface area contributed by atoms with E-state index < -0.39 is 29.7 Å². The van der Waals surface area contributed by atoms with Crippen molar-refractivity contribution in [2.24, 2.45) is 0 Å². The van der Waals surface area contributed by atoms with E-state index in [4.69, 9.17) is 4.74 Å². The molecule has 0 aliphatic rings. The van der Waals surface area contributed by atoms with Crippen molar-refractivity contribution in [2.45, 2.75) is 13.0 Å². The molecule has 6 nitrogen and oxygen atoms in total. The molecule has 0 fully saturated rings. The monoisotopic (exact) mass is 354 g/mol. The van der Waals surface area contributed by atoms with Crippen LogP contribution in [0.25, 0.3) is 0 Å². The molecule has 0 unspecified atom stereocenters. The molecule has 0 heterocycles. The zero-order chi connectivity index (χ0) is 18.9. The quantitative estimate of drug-likeness (QED) is 0.258. The number of methoxy groups -OCH3 is 1. The van der Waals surface area contributed by atoms with Crippen LogP contribution in [0.2, 0.25) is 0 Å². The smallest absolute Gasteiger partial charge is 0.373 e. The Labute approximate surface area is 150 Å². The average molecular weight is 354 g/mol. The number of hydrogen-bond donors (Lipinski definition) is 1. The zero-order valence-electron chi connectivity index (χ0n) is 14.2. The standard InChI is InChI=1S/C20H18O6/c1-25-20(24)18(23)12-15(21)11-17(22)16-9-5-6-10-19(16)26-13-14-7-3-2-4-8-14/h2-10,12,23H,11,13H2,1H3. The van der Waals surface area contributed by atoms with Gasteiger partial charge in [-0.2, -0.15) is 0 Å². The molecule has 0 saturated heterocycles. The van der Waals surface area contributed by atoms with E-state index in [2.05, 4.69) is 4.74 Å². The maximum atomic E-state index is 12.4. The van der Waals surface area contributed by atoms with Crippen molar-refractivity contribution >= 4 is 17.5 Å². The summed E-state index contributed by atoms with van der Waals surface area (Å²) in [7, 11) is 1.07. The lowest BCUT2D eigenvalue weighted by Gasteiger charge is -2.10. The third-order valence-corrected chi connectivity index (χ3v) is 3.45. The number of hydrogen-bond acceptors (Lipinski definition) is 6. The van der Waals surface area contributed by atoms with Crippen LogP contribution in [0.4, 0.5) is 0 Å². The highest BCUT2D eigenvalue weighted by Gasteiger charge is 2.17. The normalized spacial score (nSPS) is 10.9. The van der Waals surface area contributed by atoms with E-state index in [0.29, 0.717) is 11.8 Å². The van der Waals surface area contributed by atoms with Gasteiger partial charge in [-0.3, -0.25) is 9.59 Å². The lowest BCUT2D eigenvalue weighted by Crippen LogP contribution is -2.11. The predicted molar refractivity (Wildman–Crippen MR) is 93.9 cm³/mol. The van der Waals surface area contributed by atoms with Gasteiger partial charge in [0, 0.05) is 6.08 Å². The molecule has 2 aromatic carbocycles. The molecule has 0 saturated carbocycles. The molecule has 6 heteroatoms. The van der Waals surface area contributed by atoms with E-state index in [1.54, 1.807) is 24.3 Å². The first-order valence-corrected chi connectivity index (χ1v) is 7.82. The molecular weight excluding hydrogens is 336 g/mol. The van der Waals surface area contributed by atoms with Gasteiger partial charge < -0.3 is 14.6 Å². The Morgan fingerprint density at radius 3 is 2.35 bits per heavy atom. The SMILES string of the molecule is COC(=O)C(O)=CC(=O)CC(=O)c1ccccc1OCc1ccccc1. The molecular formula is C20H18O6. The fraction of sp³-hybridized carbons (Fsp3) is 0.150. The Morgan fingerprint density at radius 1 is 1.00 bits per heavy atom. The van der Waals surface area contributed by atoms with E-state index >= 15 is 0 Å². The molecule has 0 radical (unpaired) electrons. The third-order valence-electron chi connectivity index (χ3n) is 3.45. The number of para-hydroxylation sites is 1. The molecule has 0 aliphatic carbocycles. The van der Waals surface area contributed by atoms with E-state index in [0.717, 1.165) is 12.7 Å². The third kappa shape index (κ3) is 5.31. The van der Waals surface area contributed by atoms with Gasteiger partial charge in [0.15, 0.2) is 11.6 Å². The predicted octanol–water partition coefficient (Wildman–Crippen LogP) is 3.02. The summed E-state index contributed by atoms with van der Waals surface area (Å²) >= 11 is 0. The Kier molecular flexibility index (Phi) is 6.68. The second-order valence-corrected chi connectivity index (χ2v) is 5.36. The minimum atomic E-state index is -1.04. The summed E-state index contributed by atoms with van der Waals surface area (Å²) in [5.74, 6) is -2.73. The van der Waals surface area contributed by atoms with Crippen molar-refractivity contribution in [1.29, 1.82) is 0 Å². The minimum absolute atomic E-state index is 0.253. The molecule has 134 valence electrons. The molecule has 2 aromatic rings. The summed E-state index contributed by atoms with van der Waals surface area (Å²) in [6, 6.07) is 16.0. The van der Waals surface area contributed by atoms with E-state index in [9.17, 15) is 19.5 Å². The first-order chi connectivity index (χ1) is 12.5. The Morgan fingerprint density at radius 2 is 1.65 bits per heavy atom. The number of aliphatic hydroxyl groups is 1. The summed E-state index contributed by atoms with van der Waals surface area (Å²) in [6.07, 6.45) is 0.171. The topological polar surface area (TPSA) is 89.9 Å². The molecule has 26 heavy (non-hydrogen) atoms. The fourth-order valence-electron chi connectivity index (χ4n) is 2.18. The van der Waals surface area contributed by atoms with Crippen LogP contribution in [0, 0.1) is 0 Å². The number of rotatable bonds is 8. The second-order valence-electron chi connectivity index (χ2n) is 5.36. The van der Waals surface area contributed by atoms with Crippen molar-refractivity contribution in [2.75, 3.05) is 7.11 Å². The summed E-state index contributed by atoms with van der Waals surface area (Å²) in [4.78, 5) is 35.3. The van der Waals surface area contributed by atoms with Gasteiger partial charge in [-0.05, 0) is 17.7 Å². The van der Waals surface area contributed by atoms with Crippen molar-refractivity contribution < 1.29 is 29.0 Å². The van der Waals surface area contributed by atoms with Gasteiger partial charge in [-0.25, -0.2) is 4.79 Å². The average Bonchev–Trinajstić information content (AvgIpc) is 2.66. The highest BCUT2D eigenvalue weighted by molar-refractivity contribution is 6.13. The van der Waals surface area contributed by atoms with Crippen LogP contribution in [-0.4, -0.2) is 29.8 Å². The Hall–Kier alpha value is -3.41. The maximum absolute atomic E-state index is 12.4. The van der Waals surface area contributed by atoms with Crippen LogP contribution >= 0.6 is 0 Å². The molecule has 0 aliphatic heterocycles. The van der Waals surface area contributed by atoms with Crippen molar-refractivity contribution in [3.8, 4) is 5.75 Å². The van der Waals surface area contributed by atoms with Gasteiger partial charge >= 0.3 is 5.97 Å². The number of allylic oxidation sites excluding steroid dienone is 1. The Bertz CT molecular complexity index is 823. The van der Waals surface area contributed by atoms with Gasteiger partial charge in [-0.1, -0.05) is 42.5 Å². The molecule has 0 amide bonds. The first-order valence-electron chi connectivity index (χ1n) is 7.82. The molecule has 0 atom stereocenters. The number of benzene rings is 2. The van der Waals surface area contributed by atoms with Gasteiger partial charge in [-0.15, -0.1) is 0 Å². The summed E-state index contributed by atoms with van der Waals surface area (Å²) in [5.41, 5.74) is 1.19. The van der Waals surface area contributed by atoms with E-state index in [1.165, 1.54) is 0 Å². The molecule has 0 spiro atoms. The second kappa shape index (κ2) is 9.17. The zero-order valence-corrected chi connectivity index (χ0v) is 14.2.